The summed E-state index contributed by atoms with van der Waals surface area (Å²) < 4.78 is 12.0. The monoisotopic (exact) mass is 420 g/mol. The van der Waals surface area contributed by atoms with Crippen LogP contribution in [0.5, 0.6) is 11.5 Å². The number of hydrogen-bond acceptors (Lipinski definition) is 6. The minimum atomic E-state index is -0.643. The van der Waals surface area contributed by atoms with E-state index in [1.165, 1.54) is 21.6 Å². The average Bonchev–Trinajstić information content (AvgIpc) is 2.91. The third-order valence-electron chi connectivity index (χ3n) is 3.84. The highest BCUT2D eigenvalue weighted by Crippen LogP contribution is 2.35. The normalized spacial score (nSPS) is 16.3. The molecular weight excluding hydrogens is 396 g/mol. The Morgan fingerprint density at radius 2 is 2.11 bits per heavy atom. The van der Waals surface area contributed by atoms with Crippen LogP contribution in [0.2, 0.25) is 0 Å². The van der Waals surface area contributed by atoms with Crippen LogP contribution < -0.4 is 9.47 Å². The molecule has 1 heterocycles. The van der Waals surface area contributed by atoms with Crippen molar-refractivity contribution in [2.45, 2.75) is 20.0 Å². The third kappa shape index (κ3) is 5.14. The number of carbonyl (C=O) groups is 2. The van der Waals surface area contributed by atoms with E-state index in [2.05, 4.69) is 6.58 Å². The van der Waals surface area contributed by atoms with Gasteiger partial charge < -0.3 is 14.4 Å². The highest BCUT2D eigenvalue weighted by Gasteiger charge is 2.31. The lowest BCUT2D eigenvalue weighted by Gasteiger charge is -2.20. The molecule has 0 unspecified atom stereocenters. The van der Waals surface area contributed by atoms with Crippen molar-refractivity contribution in [2.75, 3.05) is 27.2 Å². The van der Waals surface area contributed by atoms with Crippen LogP contribution in [0.3, 0.4) is 0 Å². The molecule has 6 nitrogen and oxygen atoms in total. The van der Waals surface area contributed by atoms with Crippen LogP contribution in [0.4, 0.5) is 0 Å². The van der Waals surface area contributed by atoms with E-state index in [4.69, 9.17) is 21.7 Å². The first-order valence-electron chi connectivity index (χ1n) is 8.79. The van der Waals surface area contributed by atoms with E-state index >= 15 is 0 Å². The van der Waals surface area contributed by atoms with Gasteiger partial charge in [-0.15, -0.1) is 6.58 Å². The summed E-state index contributed by atoms with van der Waals surface area (Å²) in [5.74, 6) is 0.702. The van der Waals surface area contributed by atoms with Gasteiger partial charge in [0, 0.05) is 20.6 Å². The van der Waals surface area contributed by atoms with Crippen LogP contribution in [-0.4, -0.2) is 59.3 Å². The number of rotatable bonds is 8. The maximum atomic E-state index is 12.5. The summed E-state index contributed by atoms with van der Waals surface area (Å²) in [6.45, 7) is 8.04. The van der Waals surface area contributed by atoms with Crippen LogP contribution in [0.1, 0.15) is 19.4 Å². The molecule has 150 valence electrons. The Kier molecular flexibility index (Phi) is 7.65. The van der Waals surface area contributed by atoms with Crippen molar-refractivity contribution >= 4 is 46.2 Å². The van der Waals surface area contributed by atoms with Crippen LogP contribution >= 0.6 is 24.0 Å². The van der Waals surface area contributed by atoms with Crippen molar-refractivity contribution in [2.24, 2.45) is 0 Å². The number of likely N-dealkylation sites (N-methyl/N-ethyl adjacent to an activating group) is 1. The molecule has 1 fully saturated rings. The van der Waals surface area contributed by atoms with Crippen LogP contribution in [0.25, 0.3) is 6.08 Å². The Hall–Kier alpha value is -2.32. The molecule has 0 aliphatic carbocycles. The summed E-state index contributed by atoms with van der Waals surface area (Å²) in [6.07, 6.45) is 2.77. The number of carbonyl (C=O) groups excluding carboxylic acids is 2. The quantitative estimate of drug-likeness (QED) is 0.365. The van der Waals surface area contributed by atoms with Crippen molar-refractivity contribution < 1.29 is 19.1 Å². The predicted molar refractivity (Wildman–Crippen MR) is 116 cm³/mol. The highest BCUT2D eigenvalue weighted by molar-refractivity contribution is 8.26. The fraction of sp³-hybridized carbons (Fsp3) is 0.350. The SMILES string of the molecule is C=CCN1C(=O)/C(=C/c2ccc(O[C@@H](C)C(=O)N(C)C)c(OCC)c2)SC1=S. The highest BCUT2D eigenvalue weighted by atomic mass is 32.2. The largest absolute Gasteiger partial charge is 0.490 e. The van der Waals surface area contributed by atoms with Gasteiger partial charge in [-0.05, 0) is 37.6 Å². The summed E-state index contributed by atoms with van der Waals surface area (Å²) in [7, 11) is 3.36. The summed E-state index contributed by atoms with van der Waals surface area (Å²) in [6, 6.07) is 5.33. The molecule has 1 saturated heterocycles. The van der Waals surface area contributed by atoms with Gasteiger partial charge in [0.15, 0.2) is 17.6 Å². The second kappa shape index (κ2) is 9.75. The molecular formula is C20H24N2O4S2. The first-order chi connectivity index (χ1) is 13.3. The van der Waals surface area contributed by atoms with Crippen molar-refractivity contribution in [3.05, 3.63) is 41.3 Å². The Morgan fingerprint density at radius 1 is 1.39 bits per heavy atom. The van der Waals surface area contributed by atoms with Gasteiger partial charge in [0.1, 0.15) is 4.32 Å². The zero-order valence-corrected chi connectivity index (χ0v) is 18.1. The Labute approximate surface area is 175 Å². The Bertz CT molecular complexity index is 820. The fourth-order valence-corrected chi connectivity index (χ4v) is 3.80. The molecule has 2 amide bonds. The van der Waals surface area contributed by atoms with Gasteiger partial charge in [0.2, 0.25) is 0 Å². The molecule has 0 N–H and O–H groups in total. The number of nitrogens with zero attached hydrogens (tertiary/aromatic N) is 2. The molecule has 1 aromatic carbocycles. The summed E-state index contributed by atoms with van der Waals surface area (Å²) in [5.41, 5.74) is 0.779. The van der Waals surface area contributed by atoms with E-state index in [9.17, 15) is 9.59 Å². The summed E-state index contributed by atoms with van der Waals surface area (Å²) in [5, 5.41) is 0. The van der Waals surface area contributed by atoms with Crippen molar-refractivity contribution in [3.63, 3.8) is 0 Å². The number of thioether (sulfide) groups is 1. The van der Waals surface area contributed by atoms with Crippen molar-refractivity contribution in [1.82, 2.24) is 9.80 Å². The molecule has 0 saturated carbocycles. The third-order valence-corrected chi connectivity index (χ3v) is 5.22. The molecule has 0 bridgehead atoms. The average molecular weight is 421 g/mol. The van der Waals surface area contributed by atoms with E-state index in [1.807, 2.05) is 13.0 Å². The molecule has 0 radical (unpaired) electrons. The van der Waals surface area contributed by atoms with Crippen molar-refractivity contribution in [3.8, 4) is 11.5 Å². The summed E-state index contributed by atoms with van der Waals surface area (Å²) in [4.78, 5) is 28.1. The van der Waals surface area contributed by atoms with Gasteiger partial charge in [-0.2, -0.15) is 0 Å². The molecule has 1 aliphatic rings. The lowest BCUT2D eigenvalue weighted by atomic mass is 10.1. The van der Waals surface area contributed by atoms with E-state index in [0.717, 1.165) is 5.56 Å². The number of benzene rings is 1. The molecule has 8 heteroatoms. The maximum Gasteiger partial charge on any atom is 0.266 e. The van der Waals surface area contributed by atoms with Crippen molar-refractivity contribution in [1.29, 1.82) is 0 Å². The number of amides is 2. The molecule has 0 spiro atoms. The van der Waals surface area contributed by atoms with Crippen LogP contribution in [0, 0.1) is 0 Å². The second-order valence-corrected chi connectivity index (χ2v) is 7.89. The van der Waals surface area contributed by atoms with Gasteiger partial charge in [-0.25, -0.2) is 0 Å². The topological polar surface area (TPSA) is 59.1 Å². The standard InChI is InChI=1S/C20H24N2O4S2/c1-6-10-22-19(24)17(28-20(22)27)12-14-8-9-15(16(11-14)25-7-2)26-13(3)18(23)21(4)5/h6,8-9,11-13H,1,7,10H2,2-5H3/b17-12-/t13-/m0/s1. The van der Waals surface area contributed by atoms with E-state index in [1.54, 1.807) is 45.3 Å². The molecule has 1 aliphatic heterocycles. The van der Waals surface area contributed by atoms with Gasteiger partial charge >= 0.3 is 0 Å². The number of thiocarbonyl (C=S) groups is 1. The molecule has 1 aromatic rings. The Balaban J connectivity index is 2.27. The van der Waals surface area contributed by atoms with E-state index < -0.39 is 6.10 Å². The zero-order valence-electron chi connectivity index (χ0n) is 16.4. The predicted octanol–water partition coefficient (Wildman–Crippen LogP) is 3.33. The number of hydrogen-bond donors (Lipinski definition) is 0. The zero-order chi connectivity index (χ0) is 20.8. The molecule has 28 heavy (non-hydrogen) atoms. The van der Waals surface area contributed by atoms with E-state index in [0.29, 0.717) is 33.9 Å². The second-order valence-electron chi connectivity index (χ2n) is 6.21. The van der Waals surface area contributed by atoms with Gasteiger partial charge in [-0.1, -0.05) is 36.1 Å². The number of ether oxygens (including phenoxy) is 2. The van der Waals surface area contributed by atoms with Gasteiger partial charge in [0.25, 0.3) is 11.8 Å². The smallest absolute Gasteiger partial charge is 0.266 e. The minimum Gasteiger partial charge on any atom is -0.490 e. The lowest BCUT2D eigenvalue weighted by molar-refractivity contribution is -0.135. The van der Waals surface area contributed by atoms with Gasteiger partial charge in [-0.3, -0.25) is 14.5 Å². The van der Waals surface area contributed by atoms with Gasteiger partial charge in [0.05, 0.1) is 11.5 Å². The first kappa shape index (κ1) is 22.0. The minimum absolute atomic E-state index is 0.140. The fourth-order valence-electron chi connectivity index (χ4n) is 2.52. The summed E-state index contributed by atoms with van der Waals surface area (Å²) >= 11 is 6.51. The first-order valence-corrected chi connectivity index (χ1v) is 10.0. The lowest BCUT2D eigenvalue weighted by Crippen LogP contribution is -2.35. The maximum absolute atomic E-state index is 12.5. The van der Waals surface area contributed by atoms with E-state index in [-0.39, 0.29) is 11.8 Å². The molecule has 2 rings (SSSR count). The van der Waals surface area contributed by atoms with Crippen LogP contribution in [0.15, 0.2) is 35.8 Å². The van der Waals surface area contributed by atoms with Crippen LogP contribution in [-0.2, 0) is 9.59 Å². The Morgan fingerprint density at radius 3 is 2.71 bits per heavy atom. The molecule has 1 atom stereocenters. The molecule has 0 aromatic heterocycles.